The van der Waals surface area contributed by atoms with Gasteiger partial charge in [0, 0.05) is 10.3 Å². The van der Waals surface area contributed by atoms with Crippen LogP contribution in [0.15, 0.2) is 54.0 Å². The number of aryl methyl sites for hydroxylation is 1. The van der Waals surface area contributed by atoms with Crippen molar-refractivity contribution in [3.05, 3.63) is 82.5 Å². The fraction of sp³-hybridized carbons (Fsp3) is 0.217. The summed E-state index contributed by atoms with van der Waals surface area (Å²) < 4.78 is 29.1. The van der Waals surface area contributed by atoms with E-state index in [1.807, 2.05) is 12.1 Å². The van der Waals surface area contributed by atoms with E-state index >= 15 is 0 Å². The number of rotatable bonds is 9. The van der Waals surface area contributed by atoms with E-state index in [-0.39, 0.29) is 24.6 Å². The lowest BCUT2D eigenvalue weighted by atomic mass is 10.0. The molecular weight excluding hydrogens is 464 g/mol. The predicted octanol–water partition coefficient (Wildman–Crippen LogP) is 3.77. The van der Waals surface area contributed by atoms with E-state index < -0.39 is 23.4 Å². The average molecular weight is 486 g/mol. The second-order valence-corrected chi connectivity index (χ2v) is 8.60. The number of hydrogen-bond donors (Lipinski definition) is 3. The minimum atomic E-state index is -1.11. The van der Waals surface area contributed by atoms with E-state index in [1.54, 1.807) is 23.0 Å². The lowest BCUT2D eigenvalue weighted by Gasteiger charge is -2.15. The summed E-state index contributed by atoms with van der Waals surface area (Å²) in [6, 6.07) is 10.6. The largest absolute Gasteiger partial charge is 0.346 e. The third-order valence-corrected chi connectivity index (χ3v) is 6.41. The molecule has 2 aromatic heterocycles. The monoisotopic (exact) mass is 485 g/mol. The van der Waals surface area contributed by atoms with Crippen LogP contribution in [0.2, 0.25) is 0 Å². The number of halogens is 2. The van der Waals surface area contributed by atoms with Gasteiger partial charge in [-0.05, 0) is 53.4 Å². The molecule has 0 aliphatic carbocycles. The molecule has 8 nitrogen and oxygen atoms in total. The number of fused-ring (bicyclic) bond motifs is 1. The van der Waals surface area contributed by atoms with E-state index in [0.717, 1.165) is 23.1 Å². The second kappa shape index (κ2) is 10.5. The standard InChI is InChI=1S/C23H21F2N5O3S/c24-19-8-6-14(9-20(19)25)23(32)26-11-16-12-30(29-27-16)17(10-22(31)28-33)7-5-15-13-34-21-4-2-1-3-18(15)21/h1-4,6,8-9,12-13,17,33H,5,7,10-11H2,(H,26,32)(H,28,31)/t17-/m1/s1. The summed E-state index contributed by atoms with van der Waals surface area (Å²) in [5, 5.41) is 22.9. The Bertz CT molecular complexity index is 1320. The molecule has 11 heteroatoms. The Hall–Kier alpha value is -3.70. The zero-order chi connectivity index (χ0) is 24.1. The second-order valence-electron chi connectivity index (χ2n) is 7.69. The van der Waals surface area contributed by atoms with Gasteiger partial charge in [-0.1, -0.05) is 23.4 Å². The van der Waals surface area contributed by atoms with Crippen LogP contribution in [-0.2, 0) is 17.8 Å². The van der Waals surface area contributed by atoms with Crippen molar-refractivity contribution >= 4 is 33.2 Å². The molecule has 0 saturated heterocycles. The molecule has 4 aromatic rings. The van der Waals surface area contributed by atoms with Gasteiger partial charge in [0.25, 0.3) is 5.91 Å². The molecule has 176 valence electrons. The number of nitrogens with zero attached hydrogens (tertiary/aromatic N) is 3. The lowest BCUT2D eigenvalue weighted by molar-refractivity contribution is -0.130. The molecule has 3 N–H and O–H groups in total. The van der Waals surface area contributed by atoms with Crippen molar-refractivity contribution in [2.24, 2.45) is 0 Å². The van der Waals surface area contributed by atoms with Crippen LogP contribution in [0.25, 0.3) is 10.1 Å². The summed E-state index contributed by atoms with van der Waals surface area (Å²) in [5.41, 5.74) is 3.21. The first-order valence-electron chi connectivity index (χ1n) is 10.5. The number of amides is 2. The summed E-state index contributed by atoms with van der Waals surface area (Å²) in [7, 11) is 0. The summed E-state index contributed by atoms with van der Waals surface area (Å²) >= 11 is 1.65. The first-order chi connectivity index (χ1) is 16.4. The van der Waals surface area contributed by atoms with Crippen LogP contribution in [0, 0.1) is 11.6 Å². The number of aromatic nitrogens is 3. The third kappa shape index (κ3) is 5.43. The summed E-state index contributed by atoms with van der Waals surface area (Å²) in [5.74, 6) is -3.28. The maximum Gasteiger partial charge on any atom is 0.251 e. The van der Waals surface area contributed by atoms with Crippen LogP contribution in [0.4, 0.5) is 8.78 Å². The third-order valence-electron chi connectivity index (χ3n) is 5.40. The van der Waals surface area contributed by atoms with Gasteiger partial charge < -0.3 is 5.32 Å². The molecule has 0 radical (unpaired) electrons. The van der Waals surface area contributed by atoms with Crippen LogP contribution in [0.1, 0.15) is 40.5 Å². The van der Waals surface area contributed by atoms with Crippen LogP contribution in [-0.4, -0.2) is 32.0 Å². The van der Waals surface area contributed by atoms with E-state index in [1.165, 1.54) is 15.4 Å². The first kappa shape index (κ1) is 23.5. The number of thiophene rings is 1. The molecule has 0 bridgehead atoms. The molecule has 2 aromatic carbocycles. The number of carbonyl (C=O) groups is 2. The highest BCUT2D eigenvalue weighted by atomic mass is 32.1. The van der Waals surface area contributed by atoms with Crippen LogP contribution in [0.3, 0.4) is 0 Å². The smallest absolute Gasteiger partial charge is 0.251 e. The van der Waals surface area contributed by atoms with Crippen molar-refractivity contribution in [2.75, 3.05) is 0 Å². The number of nitrogens with one attached hydrogen (secondary N) is 2. The molecule has 2 amide bonds. The summed E-state index contributed by atoms with van der Waals surface area (Å²) in [6.45, 7) is 0.00587. The minimum Gasteiger partial charge on any atom is -0.346 e. The highest BCUT2D eigenvalue weighted by Gasteiger charge is 2.19. The molecular formula is C23H21F2N5O3S. The first-order valence-corrected chi connectivity index (χ1v) is 11.3. The Labute approximate surface area is 197 Å². The Morgan fingerprint density at radius 2 is 1.97 bits per heavy atom. The number of hydroxylamine groups is 1. The van der Waals surface area contributed by atoms with Gasteiger partial charge in [-0.2, -0.15) is 0 Å². The van der Waals surface area contributed by atoms with Crippen molar-refractivity contribution in [1.29, 1.82) is 0 Å². The van der Waals surface area contributed by atoms with E-state index in [4.69, 9.17) is 5.21 Å². The van der Waals surface area contributed by atoms with Crippen LogP contribution >= 0.6 is 11.3 Å². The topological polar surface area (TPSA) is 109 Å². The van der Waals surface area contributed by atoms with Gasteiger partial charge in [0.15, 0.2) is 11.6 Å². The fourth-order valence-electron chi connectivity index (χ4n) is 3.62. The molecule has 34 heavy (non-hydrogen) atoms. The Kier molecular flexibility index (Phi) is 7.24. The van der Waals surface area contributed by atoms with Crippen molar-refractivity contribution in [3.63, 3.8) is 0 Å². The van der Waals surface area contributed by atoms with Crippen molar-refractivity contribution in [1.82, 2.24) is 25.8 Å². The molecule has 1 atom stereocenters. The zero-order valence-electron chi connectivity index (χ0n) is 17.9. The number of carbonyl (C=O) groups excluding carboxylic acids is 2. The van der Waals surface area contributed by atoms with Gasteiger partial charge >= 0.3 is 0 Å². The van der Waals surface area contributed by atoms with Gasteiger partial charge in [0.05, 0.1) is 25.2 Å². The van der Waals surface area contributed by atoms with Crippen molar-refractivity contribution in [3.8, 4) is 0 Å². The Morgan fingerprint density at radius 3 is 2.76 bits per heavy atom. The van der Waals surface area contributed by atoms with Gasteiger partial charge in [-0.15, -0.1) is 16.4 Å². The van der Waals surface area contributed by atoms with Gasteiger partial charge in [-0.3, -0.25) is 14.8 Å². The van der Waals surface area contributed by atoms with Crippen molar-refractivity contribution in [2.45, 2.75) is 31.8 Å². The molecule has 0 aliphatic rings. The van der Waals surface area contributed by atoms with Gasteiger partial charge in [0.2, 0.25) is 5.91 Å². The van der Waals surface area contributed by atoms with Gasteiger partial charge in [0.1, 0.15) is 5.69 Å². The molecule has 0 unspecified atom stereocenters. The van der Waals surface area contributed by atoms with E-state index in [0.29, 0.717) is 18.5 Å². The SMILES string of the molecule is O=C(C[C@@H](CCc1csc2ccccc12)n1cc(CNC(=O)c2ccc(F)c(F)c2)nn1)NO. The highest BCUT2D eigenvalue weighted by molar-refractivity contribution is 7.17. The maximum atomic E-state index is 13.4. The minimum absolute atomic E-state index is 0.00587. The van der Waals surface area contributed by atoms with Crippen LogP contribution < -0.4 is 10.8 Å². The van der Waals surface area contributed by atoms with Gasteiger partial charge in [-0.25, -0.2) is 18.9 Å². The number of benzene rings is 2. The Balaban J connectivity index is 1.42. The molecule has 0 fully saturated rings. The van der Waals surface area contributed by atoms with Crippen molar-refractivity contribution < 1.29 is 23.6 Å². The lowest BCUT2D eigenvalue weighted by Crippen LogP contribution is -2.24. The fourth-order valence-corrected chi connectivity index (χ4v) is 4.62. The average Bonchev–Trinajstić information content (AvgIpc) is 3.49. The van der Waals surface area contributed by atoms with Crippen LogP contribution in [0.5, 0.6) is 0 Å². The molecule has 0 saturated carbocycles. The maximum absolute atomic E-state index is 13.4. The zero-order valence-corrected chi connectivity index (χ0v) is 18.7. The molecule has 4 rings (SSSR count). The van der Waals surface area contributed by atoms with E-state index in [2.05, 4.69) is 33.1 Å². The molecule has 2 heterocycles. The normalized spacial score (nSPS) is 12.0. The predicted molar refractivity (Wildman–Crippen MR) is 121 cm³/mol. The highest BCUT2D eigenvalue weighted by Crippen LogP contribution is 2.28. The quantitative estimate of drug-likeness (QED) is 0.247. The Morgan fingerprint density at radius 1 is 1.15 bits per heavy atom. The van der Waals surface area contributed by atoms with E-state index in [9.17, 15) is 18.4 Å². The molecule has 0 aliphatic heterocycles. The number of hydrogen-bond acceptors (Lipinski definition) is 6. The summed E-state index contributed by atoms with van der Waals surface area (Å²) in [4.78, 5) is 24.1. The summed E-state index contributed by atoms with van der Waals surface area (Å²) in [6.07, 6.45) is 2.85. The molecule has 0 spiro atoms.